The quantitative estimate of drug-likeness (QED) is 0.351. The average molecular weight is 491 g/mol. The van der Waals surface area contributed by atoms with Crippen LogP contribution in [0.4, 0.5) is 8.78 Å². The van der Waals surface area contributed by atoms with E-state index in [1.54, 1.807) is 14.2 Å². The highest BCUT2D eigenvalue weighted by atomic mass is 127. The molecule has 0 atom stereocenters. The molecule has 0 aliphatic rings. The van der Waals surface area contributed by atoms with Crippen molar-refractivity contribution in [2.75, 3.05) is 20.8 Å². The molecule has 148 valence electrons. The van der Waals surface area contributed by atoms with E-state index < -0.39 is 11.6 Å². The SMILES string of the molecule is CCOc1ccc(CNC(=NC)NCc2cc(F)ccc2F)cc1OC.I. The van der Waals surface area contributed by atoms with Gasteiger partial charge < -0.3 is 20.1 Å². The Kier molecular flexibility index (Phi) is 9.84. The summed E-state index contributed by atoms with van der Waals surface area (Å²) in [5, 5.41) is 6.08. The lowest BCUT2D eigenvalue weighted by Gasteiger charge is -2.14. The van der Waals surface area contributed by atoms with E-state index in [1.165, 1.54) is 0 Å². The van der Waals surface area contributed by atoms with Crippen LogP contribution in [0.2, 0.25) is 0 Å². The molecule has 2 aromatic rings. The zero-order chi connectivity index (χ0) is 18.9. The van der Waals surface area contributed by atoms with Gasteiger partial charge in [-0.25, -0.2) is 8.78 Å². The van der Waals surface area contributed by atoms with Crippen LogP contribution in [0.3, 0.4) is 0 Å². The van der Waals surface area contributed by atoms with Gasteiger partial charge in [-0.15, -0.1) is 24.0 Å². The topological polar surface area (TPSA) is 54.9 Å². The van der Waals surface area contributed by atoms with Crippen molar-refractivity contribution in [3.63, 3.8) is 0 Å². The van der Waals surface area contributed by atoms with Gasteiger partial charge >= 0.3 is 0 Å². The zero-order valence-electron chi connectivity index (χ0n) is 15.5. The van der Waals surface area contributed by atoms with E-state index in [0.717, 1.165) is 23.8 Å². The Morgan fingerprint density at radius 3 is 2.44 bits per heavy atom. The molecule has 0 saturated heterocycles. The lowest BCUT2D eigenvalue weighted by Crippen LogP contribution is -2.36. The molecule has 2 rings (SSSR count). The Morgan fingerprint density at radius 2 is 1.78 bits per heavy atom. The van der Waals surface area contributed by atoms with Gasteiger partial charge in [0, 0.05) is 25.7 Å². The van der Waals surface area contributed by atoms with Crippen LogP contribution in [0.25, 0.3) is 0 Å². The fourth-order valence-corrected chi connectivity index (χ4v) is 2.36. The van der Waals surface area contributed by atoms with Gasteiger partial charge in [0.25, 0.3) is 0 Å². The van der Waals surface area contributed by atoms with Gasteiger partial charge in [-0.2, -0.15) is 0 Å². The normalized spacial score (nSPS) is 10.8. The molecule has 0 spiro atoms. The van der Waals surface area contributed by atoms with Crippen molar-refractivity contribution >= 4 is 29.9 Å². The molecule has 27 heavy (non-hydrogen) atoms. The summed E-state index contributed by atoms with van der Waals surface area (Å²) >= 11 is 0. The van der Waals surface area contributed by atoms with Gasteiger partial charge in [-0.1, -0.05) is 6.07 Å². The highest BCUT2D eigenvalue weighted by Gasteiger charge is 2.07. The lowest BCUT2D eigenvalue weighted by atomic mass is 10.2. The molecule has 0 bridgehead atoms. The monoisotopic (exact) mass is 491 g/mol. The number of hydrogen-bond acceptors (Lipinski definition) is 3. The van der Waals surface area contributed by atoms with E-state index in [4.69, 9.17) is 9.47 Å². The van der Waals surface area contributed by atoms with E-state index in [-0.39, 0.29) is 36.1 Å². The first-order valence-electron chi connectivity index (χ1n) is 8.25. The first kappa shape index (κ1) is 22.9. The third kappa shape index (κ3) is 6.85. The van der Waals surface area contributed by atoms with Crippen LogP contribution >= 0.6 is 24.0 Å². The van der Waals surface area contributed by atoms with Gasteiger partial charge in [0.2, 0.25) is 0 Å². The summed E-state index contributed by atoms with van der Waals surface area (Å²) in [6.45, 7) is 3.07. The van der Waals surface area contributed by atoms with Crippen molar-refractivity contribution < 1.29 is 18.3 Å². The van der Waals surface area contributed by atoms with Crippen LogP contribution < -0.4 is 20.1 Å². The van der Waals surface area contributed by atoms with Crippen LogP contribution in [0, 0.1) is 11.6 Å². The van der Waals surface area contributed by atoms with E-state index in [0.29, 0.717) is 30.6 Å². The molecule has 0 aromatic heterocycles. The van der Waals surface area contributed by atoms with Gasteiger partial charge in [0.1, 0.15) is 11.6 Å². The van der Waals surface area contributed by atoms with Crippen molar-refractivity contribution in [1.82, 2.24) is 10.6 Å². The van der Waals surface area contributed by atoms with Crippen LogP contribution in [-0.2, 0) is 13.1 Å². The molecule has 0 amide bonds. The molecule has 0 unspecified atom stereocenters. The largest absolute Gasteiger partial charge is 0.493 e. The fourth-order valence-electron chi connectivity index (χ4n) is 2.36. The molecule has 0 radical (unpaired) electrons. The number of benzene rings is 2. The number of aliphatic imine (C=N–C) groups is 1. The molecule has 0 heterocycles. The van der Waals surface area contributed by atoms with E-state index in [1.807, 2.05) is 25.1 Å². The Hall–Kier alpha value is -2.10. The van der Waals surface area contributed by atoms with Gasteiger partial charge in [-0.05, 0) is 42.8 Å². The Morgan fingerprint density at radius 1 is 1.04 bits per heavy atom. The Balaban J connectivity index is 0.00000364. The molecular formula is C19H24F2IN3O2. The fraction of sp³-hybridized carbons (Fsp3) is 0.316. The molecule has 0 saturated carbocycles. The van der Waals surface area contributed by atoms with Crippen LogP contribution in [-0.4, -0.2) is 26.7 Å². The highest BCUT2D eigenvalue weighted by Crippen LogP contribution is 2.27. The molecule has 2 aromatic carbocycles. The summed E-state index contributed by atoms with van der Waals surface area (Å²) in [6.07, 6.45) is 0. The minimum absolute atomic E-state index is 0. The van der Waals surface area contributed by atoms with Crippen LogP contribution in [0.15, 0.2) is 41.4 Å². The molecule has 8 heteroatoms. The average Bonchev–Trinajstić information content (AvgIpc) is 2.65. The Bertz CT molecular complexity index is 773. The molecule has 2 N–H and O–H groups in total. The lowest BCUT2D eigenvalue weighted by molar-refractivity contribution is 0.310. The molecular weight excluding hydrogens is 467 g/mol. The summed E-state index contributed by atoms with van der Waals surface area (Å²) in [6, 6.07) is 8.99. The second-order valence-corrected chi connectivity index (χ2v) is 5.43. The second kappa shape index (κ2) is 11.6. The number of nitrogens with zero attached hydrogens (tertiary/aromatic N) is 1. The Labute approximate surface area is 175 Å². The van der Waals surface area contributed by atoms with E-state index in [9.17, 15) is 8.78 Å². The summed E-state index contributed by atoms with van der Waals surface area (Å²) < 4.78 is 37.7. The second-order valence-electron chi connectivity index (χ2n) is 5.43. The summed E-state index contributed by atoms with van der Waals surface area (Å²) in [7, 11) is 3.19. The molecule has 0 fully saturated rings. The van der Waals surface area contributed by atoms with Crippen molar-refractivity contribution in [2.24, 2.45) is 4.99 Å². The maximum atomic E-state index is 13.7. The maximum absolute atomic E-state index is 13.7. The van der Waals surface area contributed by atoms with E-state index in [2.05, 4.69) is 15.6 Å². The predicted molar refractivity (Wildman–Crippen MR) is 113 cm³/mol. The summed E-state index contributed by atoms with van der Waals surface area (Å²) in [4.78, 5) is 4.08. The minimum atomic E-state index is -0.479. The number of nitrogens with one attached hydrogen (secondary N) is 2. The standard InChI is InChI=1S/C19H23F2N3O2.HI/c1-4-26-17-8-5-13(9-18(17)25-3)11-23-19(22-2)24-12-14-10-15(20)6-7-16(14)21;/h5-10H,4,11-12H2,1-3H3,(H2,22,23,24);1H. The predicted octanol–water partition coefficient (Wildman–Crippen LogP) is 3.86. The molecule has 5 nitrogen and oxygen atoms in total. The van der Waals surface area contributed by atoms with Crippen LogP contribution in [0.1, 0.15) is 18.1 Å². The number of hydrogen-bond donors (Lipinski definition) is 2. The number of methoxy groups -OCH3 is 1. The number of halogens is 3. The summed E-state index contributed by atoms with van der Waals surface area (Å²) in [5.74, 6) is 0.860. The molecule has 0 aliphatic carbocycles. The number of ether oxygens (including phenoxy) is 2. The zero-order valence-corrected chi connectivity index (χ0v) is 17.8. The van der Waals surface area contributed by atoms with Crippen molar-refractivity contribution in [3.05, 3.63) is 59.2 Å². The maximum Gasteiger partial charge on any atom is 0.191 e. The van der Waals surface area contributed by atoms with Gasteiger partial charge in [0.15, 0.2) is 17.5 Å². The van der Waals surface area contributed by atoms with Crippen molar-refractivity contribution in [3.8, 4) is 11.5 Å². The van der Waals surface area contributed by atoms with E-state index >= 15 is 0 Å². The first-order valence-corrected chi connectivity index (χ1v) is 8.25. The van der Waals surface area contributed by atoms with Gasteiger partial charge in [-0.3, -0.25) is 4.99 Å². The number of guanidine groups is 1. The van der Waals surface area contributed by atoms with Gasteiger partial charge in [0.05, 0.1) is 13.7 Å². The van der Waals surface area contributed by atoms with Crippen LogP contribution in [0.5, 0.6) is 11.5 Å². The summed E-state index contributed by atoms with van der Waals surface area (Å²) in [5.41, 5.74) is 1.20. The van der Waals surface area contributed by atoms with Crippen molar-refractivity contribution in [2.45, 2.75) is 20.0 Å². The minimum Gasteiger partial charge on any atom is -0.493 e. The third-order valence-corrected chi connectivity index (χ3v) is 3.67. The smallest absolute Gasteiger partial charge is 0.191 e. The van der Waals surface area contributed by atoms with Crippen molar-refractivity contribution in [1.29, 1.82) is 0 Å². The number of rotatable bonds is 7. The third-order valence-electron chi connectivity index (χ3n) is 3.67. The molecule has 0 aliphatic heterocycles. The first-order chi connectivity index (χ1) is 12.6. The highest BCUT2D eigenvalue weighted by molar-refractivity contribution is 14.0.